The van der Waals surface area contributed by atoms with Gasteiger partial charge in [-0.05, 0) is 41.5 Å². The molecule has 0 aliphatic carbocycles. The van der Waals surface area contributed by atoms with Crippen molar-refractivity contribution in [3.8, 4) is 0 Å². The predicted octanol–water partition coefficient (Wildman–Crippen LogP) is 2.22. The molecule has 0 saturated carbocycles. The van der Waals surface area contributed by atoms with E-state index in [0.717, 1.165) is 5.69 Å². The van der Waals surface area contributed by atoms with Crippen molar-refractivity contribution < 1.29 is 14.7 Å². The fourth-order valence-electron chi connectivity index (χ4n) is 2.30. The van der Waals surface area contributed by atoms with Crippen LogP contribution in [0.25, 0.3) is 0 Å². The number of carbonyl (C=O) groups excluding carboxylic acids is 1. The molecule has 8 heteroatoms. The molecule has 0 bridgehead atoms. The number of carbonyl (C=O) groups is 2. The van der Waals surface area contributed by atoms with Crippen molar-refractivity contribution in [1.82, 2.24) is 19.6 Å². The summed E-state index contributed by atoms with van der Waals surface area (Å²) in [6.07, 6.45) is 4.45. The quantitative estimate of drug-likeness (QED) is 0.893. The van der Waals surface area contributed by atoms with Crippen LogP contribution in [-0.4, -0.2) is 36.5 Å². The van der Waals surface area contributed by atoms with Gasteiger partial charge >= 0.3 is 5.97 Å². The first-order valence-electron chi connectivity index (χ1n) is 7.59. The second-order valence-electron chi connectivity index (χ2n) is 7.22. The minimum absolute atomic E-state index is 0.223. The van der Waals surface area contributed by atoms with Crippen molar-refractivity contribution in [2.75, 3.05) is 5.32 Å². The van der Waals surface area contributed by atoms with Crippen LogP contribution in [0.2, 0.25) is 0 Å². The van der Waals surface area contributed by atoms with Crippen LogP contribution in [0, 0.1) is 6.92 Å². The second-order valence-corrected chi connectivity index (χ2v) is 7.22. The van der Waals surface area contributed by atoms with Gasteiger partial charge in [0.15, 0.2) is 5.54 Å². The lowest BCUT2D eigenvalue weighted by Crippen LogP contribution is -2.35. The molecule has 2 rings (SSSR count). The van der Waals surface area contributed by atoms with E-state index in [9.17, 15) is 14.7 Å². The number of nitrogens with zero attached hydrogens (tertiary/aromatic N) is 4. The van der Waals surface area contributed by atoms with Crippen LogP contribution in [0.15, 0.2) is 18.6 Å². The minimum Gasteiger partial charge on any atom is -0.479 e. The number of nitrogens with one attached hydrogen (secondary N) is 1. The van der Waals surface area contributed by atoms with Crippen LogP contribution in [0.5, 0.6) is 0 Å². The number of carboxylic acid groups (broad SMARTS) is 1. The van der Waals surface area contributed by atoms with E-state index in [0.29, 0.717) is 11.3 Å². The molecule has 2 aromatic heterocycles. The summed E-state index contributed by atoms with van der Waals surface area (Å²) in [5.74, 6) is -1.32. The Morgan fingerprint density at radius 1 is 1.12 bits per heavy atom. The monoisotopic (exact) mass is 333 g/mol. The third-order valence-electron chi connectivity index (χ3n) is 3.83. The molecule has 0 aliphatic heterocycles. The molecule has 0 spiro atoms. The number of aliphatic carboxylic acids is 1. The maximum absolute atomic E-state index is 12.5. The molecule has 0 aromatic carbocycles. The number of rotatable bonds is 4. The zero-order valence-electron chi connectivity index (χ0n) is 14.8. The van der Waals surface area contributed by atoms with Gasteiger partial charge in [-0.3, -0.25) is 14.2 Å². The van der Waals surface area contributed by atoms with E-state index in [2.05, 4.69) is 15.5 Å². The molecule has 130 valence electrons. The molecule has 0 saturated heterocycles. The van der Waals surface area contributed by atoms with Crippen molar-refractivity contribution in [3.63, 3.8) is 0 Å². The van der Waals surface area contributed by atoms with Crippen molar-refractivity contribution >= 4 is 17.6 Å². The van der Waals surface area contributed by atoms with Crippen LogP contribution >= 0.6 is 0 Å². The second kappa shape index (κ2) is 5.77. The smallest absolute Gasteiger partial charge is 0.331 e. The number of carboxylic acids is 1. The van der Waals surface area contributed by atoms with Gasteiger partial charge in [-0.1, -0.05) is 0 Å². The first-order chi connectivity index (χ1) is 10.9. The number of anilines is 1. The summed E-state index contributed by atoms with van der Waals surface area (Å²) in [5.41, 5.74) is 0.236. The molecule has 0 atom stereocenters. The summed E-state index contributed by atoms with van der Waals surface area (Å²) < 4.78 is 3.09. The summed E-state index contributed by atoms with van der Waals surface area (Å²) in [6.45, 7) is 10.9. The van der Waals surface area contributed by atoms with E-state index in [4.69, 9.17) is 0 Å². The standard InChI is InChI=1S/C16H23N5O3/c1-10-12(8-18-21(10)15(2,3)4)13(22)19-11-7-17-20(9-11)16(5,6)14(23)24/h7-9H,1-6H3,(H,19,22)(H,23,24). The maximum Gasteiger partial charge on any atom is 0.331 e. The van der Waals surface area contributed by atoms with Crippen molar-refractivity contribution in [1.29, 1.82) is 0 Å². The Bertz CT molecular complexity index is 780. The number of amides is 1. The van der Waals surface area contributed by atoms with Gasteiger partial charge in [0.1, 0.15) is 0 Å². The Hall–Kier alpha value is -2.64. The Kier molecular flexibility index (Phi) is 4.26. The first kappa shape index (κ1) is 17.7. The number of hydrogen-bond donors (Lipinski definition) is 2. The highest BCUT2D eigenvalue weighted by atomic mass is 16.4. The average molecular weight is 333 g/mol. The summed E-state index contributed by atoms with van der Waals surface area (Å²) >= 11 is 0. The minimum atomic E-state index is -1.20. The lowest BCUT2D eigenvalue weighted by molar-refractivity contribution is -0.146. The maximum atomic E-state index is 12.5. The Balaban J connectivity index is 2.22. The molecule has 0 radical (unpaired) electrons. The number of hydrogen-bond acceptors (Lipinski definition) is 4. The Labute approximate surface area is 140 Å². The predicted molar refractivity (Wildman–Crippen MR) is 89.1 cm³/mol. The Morgan fingerprint density at radius 3 is 2.25 bits per heavy atom. The summed E-state index contributed by atoms with van der Waals surface area (Å²) in [5, 5.41) is 20.2. The van der Waals surface area contributed by atoms with Crippen LogP contribution in [0.4, 0.5) is 5.69 Å². The molecule has 2 aromatic rings. The molecule has 2 heterocycles. The fraction of sp³-hybridized carbons (Fsp3) is 0.500. The molecular formula is C16H23N5O3. The van der Waals surface area contributed by atoms with E-state index in [-0.39, 0.29) is 11.4 Å². The van der Waals surface area contributed by atoms with Gasteiger partial charge in [-0.15, -0.1) is 0 Å². The van der Waals surface area contributed by atoms with Crippen LogP contribution in [0.1, 0.15) is 50.7 Å². The van der Waals surface area contributed by atoms with Gasteiger partial charge < -0.3 is 10.4 Å². The molecule has 0 unspecified atom stereocenters. The third kappa shape index (κ3) is 3.17. The molecule has 8 nitrogen and oxygen atoms in total. The van der Waals surface area contributed by atoms with Crippen molar-refractivity contribution in [2.45, 2.75) is 52.6 Å². The normalized spacial score (nSPS) is 12.2. The SMILES string of the molecule is Cc1c(C(=O)Nc2cnn(C(C)(C)C(=O)O)c2)cnn1C(C)(C)C. The summed E-state index contributed by atoms with van der Waals surface area (Å²) in [4.78, 5) is 23.7. The van der Waals surface area contributed by atoms with E-state index in [1.165, 1.54) is 37.1 Å². The molecule has 0 aliphatic rings. The van der Waals surface area contributed by atoms with Gasteiger partial charge in [-0.25, -0.2) is 4.79 Å². The lowest BCUT2D eigenvalue weighted by atomic mass is 10.1. The molecular weight excluding hydrogens is 310 g/mol. The third-order valence-corrected chi connectivity index (χ3v) is 3.83. The molecule has 24 heavy (non-hydrogen) atoms. The summed E-state index contributed by atoms with van der Waals surface area (Å²) in [7, 11) is 0. The van der Waals surface area contributed by atoms with E-state index < -0.39 is 11.5 Å². The van der Waals surface area contributed by atoms with Gasteiger partial charge in [0.25, 0.3) is 5.91 Å². The van der Waals surface area contributed by atoms with Crippen LogP contribution in [-0.2, 0) is 15.9 Å². The zero-order chi connectivity index (χ0) is 18.3. The first-order valence-corrected chi connectivity index (χ1v) is 7.59. The fourth-order valence-corrected chi connectivity index (χ4v) is 2.30. The van der Waals surface area contributed by atoms with E-state index in [1.807, 2.05) is 27.7 Å². The van der Waals surface area contributed by atoms with Crippen LogP contribution in [0.3, 0.4) is 0 Å². The Morgan fingerprint density at radius 2 is 1.75 bits per heavy atom. The average Bonchev–Trinajstić information content (AvgIpc) is 3.04. The molecule has 1 amide bonds. The van der Waals surface area contributed by atoms with Gasteiger partial charge in [-0.2, -0.15) is 10.2 Å². The van der Waals surface area contributed by atoms with Gasteiger partial charge in [0.05, 0.1) is 29.2 Å². The van der Waals surface area contributed by atoms with E-state index >= 15 is 0 Å². The lowest BCUT2D eigenvalue weighted by Gasteiger charge is -2.21. The topological polar surface area (TPSA) is 102 Å². The van der Waals surface area contributed by atoms with Gasteiger partial charge in [0.2, 0.25) is 0 Å². The zero-order valence-corrected chi connectivity index (χ0v) is 14.8. The molecule has 0 fully saturated rings. The number of aromatic nitrogens is 4. The highest BCUT2D eigenvalue weighted by molar-refractivity contribution is 6.04. The molecule has 2 N–H and O–H groups in total. The highest BCUT2D eigenvalue weighted by Gasteiger charge is 2.30. The highest BCUT2D eigenvalue weighted by Crippen LogP contribution is 2.21. The summed E-state index contributed by atoms with van der Waals surface area (Å²) in [6, 6.07) is 0. The largest absolute Gasteiger partial charge is 0.479 e. The van der Waals surface area contributed by atoms with E-state index in [1.54, 1.807) is 4.68 Å². The van der Waals surface area contributed by atoms with Crippen molar-refractivity contribution in [2.24, 2.45) is 0 Å². The van der Waals surface area contributed by atoms with Crippen molar-refractivity contribution in [3.05, 3.63) is 29.8 Å². The van der Waals surface area contributed by atoms with Gasteiger partial charge in [0, 0.05) is 11.9 Å². The van der Waals surface area contributed by atoms with Crippen LogP contribution < -0.4 is 5.32 Å².